The van der Waals surface area contributed by atoms with Crippen molar-refractivity contribution in [3.05, 3.63) is 53.6 Å². The molecule has 2 unspecified atom stereocenters. The second-order valence-electron chi connectivity index (χ2n) is 12.9. The molecule has 3 aliphatic heterocycles. The quantitative estimate of drug-likeness (QED) is 0.240. The lowest BCUT2D eigenvalue weighted by atomic mass is 9.92. The Balaban J connectivity index is 1.28. The van der Waals surface area contributed by atoms with E-state index in [0.717, 1.165) is 49.8 Å². The van der Waals surface area contributed by atoms with Crippen molar-refractivity contribution in [2.45, 2.75) is 70.7 Å². The number of fused-ring (bicyclic) bond motifs is 4. The summed E-state index contributed by atoms with van der Waals surface area (Å²) < 4.78 is 44.9. The van der Waals surface area contributed by atoms with Gasteiger partial charge in [-0.15, -0.1) is 0 Å². The van der Waals surface area contributed by atoms with Crippen molar-refractivity contribution < 1.29 is 23.4 Å². The van der Waals surface area contributed by atoms with Crippen molar-refractivity contribution >= 4 is 27.5 Å². The number of phenols is 1. The Labute approximate surface area is 262 Å². The van der Waals surface area contributed by atoms with Gasteiger partial charge in [0, 0.05) is 50.2 Å². The Morgan fingerprint density at radius 1 is 1.02 bits per heavy atom. The smallest absolute Gasteiger partial charge is 0.319 e. The van der Waals surface area contributed by atoms with Gasteiger partial charge < -0.3 is 24.8 Å². The summed E-state index contributed by atoms with van der Waals surface area (Å²) in [5.41, 5.74) is 1.04. The molecule has 238 valence electrons. The number of aryl methyl sites for hydroxylation is 1. The SMILES string of the molecule is CCc1cccc2cc(O)cc(-c3c(F)cc4c(N5CC6CCC(C5)N6)nc(OCCCN5C[C@@H](C)O[C@@H](C)C5)nc4c3F)c12. The number of nitrogens with one attached hydrogen (secondary N) is 1. The van der Waals surface area contributed by atoms with E-state index in [1.54, 1.807) is 6.07 Å². The number of hydrogen-bond acceptors (Lipinski definition) is 8. The molecule has 2 N–H and O–H groups in total. The van der Waals surface area contributed by atoms with Gasteiger partial charge in [0.1, 0.15) is 22.9 Å². The number of anilines is 1. The Morgan fingerprint density at radius 2 is 1.78 bits per heavy atom. The van der Waals surface area contributed by atoms with Crippen molar-refractivity contribution in [3.8, 4) is 22.9 Å². The number of nitrogens with zero attached hydrogens (tertiary/aromatic N) is 4. The van der Waals surface area contributed by atoms with Crippen LogP contribution in [-0.4, -0.2) is 83.6 Å². The van der Waals surface area contributed by atoms with Crippen LogP contribution in [0.25, 0.3) is 32.8 Å². The summed E-state index contributed by atoms with van der Waals surface area (Å²) in [4.78, 5) is 13.8. The molecule has 4 heterocycles. The maximum absolute atomic E-state index is 16.8. The summed E-state index contributed by atoms with van der Waals surface area (Å²) in [6, 6.07) is 10.8. The summed E-state index contributed by atoms with van der Waals surface area (Å²) in [6.45, 7) is 10.5. The van der Waals surface area contributed by atoms with E-state index in [1.165, 1.54) is 12.1 Å². The minimum atomic E-state index is -0.786. The molecular weight excluding hydrogens is 576 g/mol. The van der Waals surface area contributed by atoms with Gasteiger partial charge in [-0.05, 0) is 79.6 Å². The second-order valence-corrected chi connectivity index (χ2v) is 12.9. The van der Waals surface area contributed by atoms with Crippen LogP contribution in [0.1, 0.15) is 45.6 Å². The molecule has 2 bridgehead atoms. The molecule has 0 spiro atoms. The van der Waals surface area contributed by atoms with Gasteiger partial charge in [-0.25, -0.2) is 8.78 Å². The number of rotatable bonds is 8. The van der Waals surface area contributed by atoms with Crippen molar-refractivity contribution in [2.75, 3.05) is 44.2 Å². The van der Waals surface area contributed by atoms with Crippen LogP contribution in [0.2, 0.25) is 0 Å². The Hall–Kier alpha value is -3.60. The Kier molecular flexibility index (Phi) is 8.22. The average Bonchev–Trinajstić information content (AvgIpc) is 3.35. The Bertz CT molecular complexity index is 1710. The molecule has 10 heteroatoms. The first-order valence-electron chi connectivity index (χ1n) is 16.2. The van der Waals surface area contributed by atoms with E-state index in [0.29, 0.717) is 60.4 Å². The van der Waals surface area contributed by atoms with Gasteiger partial charge in [-0.2, -0.15) is 9.97 Å². The van der Waals surface area contributed by atoms with Crippen LogP contribution < -0.4 is 15.0 Å². The van der Waals surface area contributed by atoms with Gasteiger partial charge in [-0.3, -0.25) is 4.90 Å². The highest BCUT2D eigenvalue weighted by Gasteiger charge is 2.34. The molecule has 0 amide bonds. The van der Waals surface area contributed by atoms with Crippen molar-refractivity contribution in [3.63, 3.8) is 0 Å². The van der Waals surface area contributed by atoms with E-state index in [9.17, 15) is 5.11 Å². The first-order valence-corrected chi connectivity index (χ1v) is 16.2. The molecule has 3 saturated heterocycles. The number of hydrogen-bond donors (Lipinski definition) is 2. The molecule has 4 atom stereocenters. The monoisotopic (exact) mass is 617 g/mol. The number of piperazine rings is 1. The van der Waals surface area contributed by atoms with Gasteiger partial charge in [0.2, 0.25) is 0 Å². The molecule has 3 fully saturated rings. The zero-order valence-corrected chi connectivity index (χ0v) is 26.2. The van der Waals surface area contributed by atoms with E-state index in [-0.39, 0.29) is 35.0 Å². The molecule has 8 nitrogen and oxygen atoms in total. The van der Waals surface area contributed by atoms with Crippen LogP contribution in [0.4, 0.5) is 14.6 Å². The van der Waals surface area contributed by atoms with Crippen LogP contribution in [-0.2, 0) is 11.2 Å². The molecule has 3 aliphatic rings. The Morgan fingerprint density at radius 3 is 2.51 bits per heavy atom. The van der Waals surface area contributed by atoms with Gasteiger partial charge in [0.15, 0.2) is 5.82 Å². The van der Waals surface area contributed by atoms with E-state index in [1.807, 2.05) is 25.1 Å². The molecule has 4 aromatic rings. The molecule has 0 saturated carbocycles. The summed E-state index contributed by atoms with van der Waals surface area (Å²) >= 11 is 0. The first-order chi connectivity index (χ1) is 21.8. The summed E-state index contributed by atoms with van der Waals surface area (Å²) in [5.74, 6) is -1.07. The number of ether oxygens (including phenoxy) is 2. The van der Waals surface area contributed by atoms with Crippen molar-refractivity contribution in [2.24, 2.45) is 0 Å². The van der Waals surface area contributed by atoms with Crippen molar-refractivity contribution in [1.29, 1.82) is 0 Å². The van der Waals surface area contributed by atoms with E-state index in [2.05, 4.69) is 33.9 Å². The van der Waals surface area contributed by atoms with Crippen LogP contribution in [0.5, 0.6) is 11.8 Å². The molecule has 0 radical (unpaired) electrons. The predicted octanol–water partition coefficient (Wildman–Crippen LogP) is 5.81. The lowest BCUT2D eigenvalue weighted by Gasteiger charge is -2.35. The number of morpholine rings is 1. The molecule has 45 heavy (non-hydrogen) atoms. The normalized spacial score (nSPS) is 23.7. The lowest BCUT2D eigenvalue weighted by Crippen LogP contribution is -2.51. The molecule has 7 rings (SSSR count). The standard InChI is InChI=1S/C35H41F2N5O3/c1-4-22-7-5-8-23-13-26(43)14-27(30(22)23)31-29(36)15-28-33(32(31)37)39-35(40-34(28)42-18-24-9-10-25(19-42)38-24)44-12-6-11-41-16-20(2)45-21(3)17-41/h5,7-8,13-15,20-21,24-25,38,43H,4,6,9-12,16-19H2,1-3H3/t20-,21+,24?,25?. The number of benzene rings is 3. The molecular formula is C35H41F2N5O3. The van der Waals surface area contributed by atoms with E-state index in [4.69, 9.17) is 14.5 Å². The fourth-order valence-corrected chi connectivity index (χ4v) is 7.58. The minimum Gasteiger partial charge on any atom is -0.508 e. The maximum atomic E-state index is 16.8. The lowest BCUT2D eigenvalue weighted by molar-refractivity contribution is -0.0686. The number of halogens is 2. The topological polar surface area (TPSA) is 83.0 Å². The highest BCUT2D eigenvalue weighted by atomic mass is 19.1. The predicted molar refractivity (Wildman–Crippen MR) is 172 cm³/mol. The average molecular weight is 618 g/mol. The third-order valence-electron chi connectivity index (χ3n) is 9.40. The summed E-state index contributed by atoms with van der Waals surface area (Å²) in [7, 11) is 0. The third kappa shape index (κ3) is 5.91. The number of aromatic hydroxyl groups is 1. The van der Waals surface area contributed by atoms with Crippen LogP contribution in [0.3, 0.4) is 0 Å². The van der Waals surface area contributed by atoms with Gasteiger partial charge in [-0.1, -0.05) is 25.1 Å². The molecule has 1 aromatic heterocycles. The van der Waals surface area contributed by atoms with E-state index >= 15 is 8.78 Å². The van der Waals surface area contributed by atoms with Gasteiger partial charge >= 0.3 is 6.01 Å². The van der Waals surface area contributed by atoms with Gasteiger partial charge in [0.05, 0.1) is 24.4 Å². The van der Waals surface area contributed by atoms with Crippen LogP contribution >= 0.6 is 0 Å². The zero-order valence-electron chi connectivity index (χ0n) is 26.2. The van der Waals surface area contributed by atoms with E-state index < -0.39 is 11.6 Å². The zero-order chi connectivity index (χ0) is 31.2. The summed E-state index contributed by atoms with van der Waals surface area (Å²) in [5, 5.41) is 15.9. The third-order valence-corrected chi connectivity index (χ3v) is 9.40. The summed E-state index contributed by atoms with van der Waals surface area (Å²) in [6.07, 6.45) is 3.91. The van der Waals surface area contributed by atoms with Gasteiger partial charge in [0.25, 0.3) is 0 Å². The minimum absolute atomic E-state index is 0.0126. The largest absolute Gasteiger partial charge is 0.508 e. The van der Waals surface area contributed by atoms with Crippen molar-refractivity contribution in [1.82, 2.24) is 20.2 Å². The number of phenolic OH excluding ortho intramolecular Hbond substituents is 1. The first kappa shape index (κ1) is 30.1. The molecule has 0 aliphatic carbocycles. The number of aromatic nitrogens is 2. The van der Waals surface area contributed by atoms with Crippen LogP contribution in [0, 0.1) is 11.6 Å². The fraction of sp³-hybridized carbons (Fsp3) is 0.486. The fourth-order valence-electron chi connectivity index (χ4n) is 7.58. The highest BCUT2D eigenvalue weighted by Crippen LogP contribution is 2.41. The second kappa shape index (κ2) is 12.3. The maximum Gasteiger partial charge on any atom is 0.319 e. The molecule has 3 aromatic carbocycles. The van der Waals surface area contributed by atoms with Crippen LogP contribution in [0.15, 0.2) is 36.4 Å². The highest BCUT2D eigenvalue weighted by molar-refractivity contribution is 6.03.